The van der Waals surface area contributed by atoms with E-state index in [1.54, 1.807) is 6.08 Å². The zero-order valence-electron chi connectivity index (χ0n) is 17.8. The lowest BCUT2D eigenvalue weighted by atomic mass is 10.1. The van der Waals surface area contributed by atoms with E-state index in [2.05, 4.69) is 46.7 Å². The van der Waals surface area contributed by atoms with E-state index in [4.69, 9.17) is 16.3 Å². The van der Waals surface area contributed by atoms with Crippen LogP contribution in [0.4, 0.5) is 0 Å². The Morgan fingerprint density at radius 3 is 2.52 bits per heavy atom. The van der Waals surface area contributed by atoms with Gasteiger partial charge in [0.05, 0.1) is 0 Å². The molecule has 0 radical (unpaired) electrons. The van der Waals surface area contributed by atoms with Crippen molar-refractivity contribution in [2.24, 2.45) is 0 Å². The Balaban J connectivity index is 0.000000313. The standard InChI is InChI=1S/C17H27N3O.C6H8ClN/c1-4-13-21-17-7-5-15(6-8-17)14(2)19-20-11-9-16(18-3)10-12-20;1-5-3-2-4-6(7)8-5/h4-8,14,16,18-19H,1,9-13H2,2-3H3;2-4,6,8H,1H3. The summed E-state index contributed by atoms with van der Waals surface area (Å²) in [5.41, 5.74) is 5.97. The van der Waals surface area contributed by atoms with Gasteiger partial charge in [0.2, 0.25) is 0 Å². The summed E-state index contributed by atoms with van der Waals surface area (Å²) in [5, 5.41) is 8.71. The molecule has 2 atom stereocenters. The van der Waals surface area contributed by atoms with Crippen molar-refractivity contribution in [2.45, 2.75) is 44.3 Å². The van der Waals surface area contributed by atoms with Crippen molar-refractivity contribution in [3.63, 3.8) is 0 Å². The van der Waals surface area contributed by atoms with Crippen LogP contribution < -0.4 is 20.8 Å². The fourth-order valence-corrected chi connectivity index (χ4v) is 3.52. The third-order valence-corrected chi connectivity index (χ3v) is 5.27. The Morgan fingerprint density at radius 1 is 1.31 bits per heavy atom. The summed E-state index contributed by atoms with van der Waals surface area (Å²) in [6, 6.07) is 9.26. The molecule has 29 heavy (non-hydrogen) atoms. The smallest absolute Gasteiger partial charge is 0.120 e. The number of rotatable bonds is 7. The molecule has 1 saturated heterocycles. The van der Waals surface area contributed by atoms with E-state index in [-0.39, 0.29) is 5.50 Å². The van der Waals surface area contributed by atoms with Gasteiger partial charge in [0.15, 0.2) is 0 Å². The van der Waals surface area contributed by atoms with Crippen molar-refractivity contribution in [1.82, 2.24) is 21.1 Å². The number of ether oxygens (including phenoxy) is 1. The SMILES string of the molecule is C=CCOc1ccc(C(C)NN2CCC(NC)CC2)cc1.CC1=CC=CC(Cl)N1. The zero-order chi connectivity index (χ0) is 21.1. The maximum Gasteiger partial charge on any atom is 0.120 e. The lowest BCUT2D eigenvalue weighted by molar-refractivity contribution is 0.118. The molecule has 3 N–H and O–H groups in total. The molecule has 1 aromatic rings. The molecule has 0 aliphatic carbocycles. The molecule has 1 aromatic carbocycles. The Hall–Kier alpha value is -1.79. The molecule has 0 spiro atoms. The van der Waals surface area contributed by atoms with Gasteiger partial charge in [-0.3, -0.25) is 0 Å². The first-order chi connectivity index (χ1) is 14.0. The third kappa shape index (κ3) is 8.62. The van der Waals surface area contributed by atoms with Crippen molar-refractivity contribution in [3.05, 3.63) is 66.4 Å². The van der Waals surface area contributed by atoms with Crippen LogP contribution in [0.3, 0.4) is 0 Å². The van der Waals surface area contributed by atoms with E-state index >= 15 is 0 Å². The lowest BCUT2D eigenvalue weighted by Gasteiger charge is -2.34. The second-order valence-electron chi connectivity index (χ2n) is 7.35. The number of halogens is 1. The van der Waals surface area contributed by atoms with Crippen LogP contribution in [0.15, 0.2) is 60.8 Å². The van der Waals surface area contributed by atoms with Crippen LogP contribution in [-0.4, -0.2) is 43.3 Å². The summed E-state index contributed by atoms with van der Waals surface area (Å²) in [6.45, 7) is 10.6. The molecular weight excluding hydrogens is 384 g/mol. The molecule has 0 bridgehead atoms. The fourth-order valence-electron chi connectivity index (χ4n) is 3.26. The predicted octanol–water partition coefficient (Wildman–Crippen LogP) is 4.12. The Bertz CT molecular complexity index is 666. The Morgan fingerprint density at radius 2 is 2.00 bits per heavy atom. The quantitative estimate of drug-likeness (QED) is 0.353. The summed E-state index contributed by atoms with van der Waals surface area (Å²) in [4.78, 5) is 0. The minimum absolute atomic E-state index is 0.0139. The van der Waals surface area contributed by atoms with E-state index in [1.807, 2.05) is 44.3 Å². The molecule has 2 heterocycles. The van der Waals surface area contributed by atoms with Gasteiger partial charge in [-0.25, -0.2) is 10.4 Å². The number of hydrogen-bond donors (Lipinski definition) is 3. The monoisotopic (exact) mass is 418 g/mol. The van der Waals surface area contributed by atoms with E-state index in [0.717, 1.165) is 24.5 Å². The van der Waals surface area contributed by atoms with E-state index in [9.17, 15) is 0 Å². The molecule has 0 amide bonds. The molecule has 160 valence electrons. The van der Waals surface area contributed by atoms with Gasteiger partial charge in [0.1, 0.15) is 17.9 Å². The van der Waals surface area contributed by atoms with Gasteiger partial charge in [0.25, 0.3) is 0 Å². The van der Waals surface area contributed by atoms with Crippen molar-refractivity contribution >= 4 is 11.6 Å². The van der Waals surface area contributed by atoms with Crippen LogP contribution in [0.5, 0.6) is 5.75 Å². The first-order valence-corrected chi connectivity index (χ1v) is 10.7. The second kappa shape index (κ2) is 12.7. The topological polar surface area (TPSA) is 48.6 Å². The highest BCUT2D eigenvalue weighted by Crippen LogP contribution is 2.19. The molecule has 2 aliphatic rings. The van der Waals surface area contributed by atoms with Crippen LogP contribution in [-0.2, 0) is 0 Å². The van der Waals surface area contributed by atoms with Gasteiger partial charge < -0.3 is 15.4 Å². The molecule has 0 saturated carbocycles. The highest BCUT2D eigenvalue weighted by atomic mass is 35.5. The minimum atomic E-state index is -0.0139. The van der Waals surface area contributed by atoms with Crippen molar-refractivity contribution in [1.29, 1.82) is 0 Å². The van der Waals surface area contributed by atoms with Gasteiger partial charge >= 0.3 is 0 Å². The summed E-state index contributed by atoms with van der Waals surface area (Å²) in [5.74, 6) is 0.890. The van der Waals surface area contributed by atoms with Crippen molar-refractivity contribution in [2.75, 3.05) is 26.7 Å². The van der Waals surface area contributed by atoms with Gasteiger partial charge in [-0.15, -0.1) is 0 Å². The summed E-state index contributed by atoms with van der Waals surface area (Å²) in [6.07, 6.45) is 9.99. The number of benzene rings is 1. The first kappa shape index (κ1) is 23.5. The summed E-state index contributed by atoms with van der Waals surface area (Å²) < 4.78 is 5.51. The maximum absolute atomic E-state index is 5.67. The second-order valence-corrected chi connectivity index (χ2v) is 7.82. The lowest BCUT2D eigenvalue weighted by Crippen LogP contribution is -2.48. The third-order valence-electron chi connectivity index (χ3n) is 5.02. The van der Waals surface area contributed by atoms with Crippen LogP contribution in [0.1, 0.15) is 38.3 Å². The number of piperidine rings is 1. The summed E-state index contributed by atoms with van der Waals surface area (Å²) >= 11 is 5.67. The molecule has 6 heteroatoms. The van der Waals surface area contributed by atoms with Gasteiger partial charge in [-0.05, 0) is 63.6 Å². The molecule has 2 unspecified atom stereocenters. The van der Waals surface area contributed by atoms with E-state index in [1.165, 1.54) is 18.4 Å². The number of hydrazine groups is 1. The van der Waals surface area contributed by atoms with Crippen LogP contribution in [0.25, 0.3) is 0 Å². The predicted molar refractivity (Wildman–Crippen MR) is 123 cm³/mol. The number of nitrogens with one attached hydrogen (secondary N) is 3. The molecular formula is C23H35ClN4O. The van der Waals surface area contributed by atoms with Crippen LogP contribution >= 0.6 is 11.6 Å². The number of hydrogen-bond acceptors (Lipinski definition) is 5. The Labute approximate surface area is 180 Å². The maximum atomic E-state index is 5.67. The molecule has 5 nitrogen and oxygen atoms in total. The van der Waals surface area contributed by atoms with Crippen molar-refractivity contribution < 1.29 is 4.74 Å². The van der Waals surface area contributed by atoms with Gasteiger partial charge in [-0.1, -0.05) is 42.5 Å². The van der Waals surface area contributed by atoms with Crippen LogP contribution in [0, 0.1) is 0 Å². The minimum Gasteiger partial charge on any atom is -0.490 e. The largest absolute Gasteiger partial charge is 0.490 e. The van der Waals surface area contributed by atoms with E-state index < -0.39 is 0 Å². The number of dihydropyridines is 1. The van der Waals surface area contributed by atoms with E-state index in [0.29, 0.717) is 18.7 Å². The van der Waals surface area contributed by atoms with Gasteiger partial charge in [0, 0.05) is 30.9 Å². The molecule has 2 aliphatic heterocycles. The number of allylic oxidation sites excluding steroid dienone is 3. The Kier molecular flexibility index (Phi) is 10.3. The van der Waals surface area contributed by atoms with Crippen molar-refractivity contribution in [3.8, 4) is 5.75 Å². The highest BCUT2D eigenvalue weighted by Gasteiger charge is 2.19. The highest BCUT2D eigenvalue weighted by molar-refractivity contribution is 6.21. The average molecular weight is 419 g/mol. The van der Waals surface area contributed by atoms with Gasteiger partial charge in [-0.2, -0.15) is 0 Å². The fraction of sp³-hybridized carbons (Fsp3) is 0.478. The molecule has 0 aromatic heterocycles. The first-order valence-electron chi connectivity index (χ1n) is 10.3. The molecule has 3 rings (SSSR count). The normalized spacial score (nSPS) is 20.7. The number of alkyl halides is 1. The van der Waals surface area contributed by atoms with Crippen LogP contribution in [0.2, 0.25) is 0 Å². The zero-order valence-corrected chi connectivity index (χ0v) is 18.6. The summed E-state index contributed by atoms with van der Waals surface area (Å²) in [7, 11) is 2.05. The molecule has 1 fully saturated rings. The average Bonchev–Trinajstić information content (AvgIpc) is 2.73. The number of nitrogens with zero attached hydrogens (tertiary/aromatic N) is 1.